The van der Waals surface area contributed by atoms with Crippen molar-refractivity contribution < 1.29 is 9.13 Å². The van der Waals surface area contributed by atoms with Crippen LogP contribution >= 0.6 is 0 Å². The van der Waals surface area contributed by atoms with Crippen molar-refractivity contribution in [3.8, 4) is 5.75 Å². The van der Waals surface area contributed by atoms with Gasteiger partial charge in [-0.15, -0.1) is 5.10 Å². The zero-order valence-electron chi connectivity index (χ0n) is 19.5. The lowest BCUT2D eigenvalue weighted by atomic mass is 9.90. The van der Waals surface area contributed by atoms with E-state index >= 15 is 0 Å². The molecule has 0 saturated heterocycles. The Balaban J connectivity index is 1.39. The van der Waals surface area contributed by atoms with Gasteiger partial charge in [0.2, 0.25) is 5.65 Å². The Morgan fingerprint density at radius 3 is 2.92 bits per heavy atom. The molecule has 0 fully saturated rings. The first-order valence-corrected chi connectivity index (χ1v) is 11.8. The molecule has 9 nitrogen and oxygen atoms in total. The van der Waals surface area contributed by atoms with Crippen LogP contribution in [-0.4, -0.2) is 36.7 Å². The van der Waals surface area contributed by atoms with Crippen molar-refractivity contribution in [3.63, 3.8) is 0 Å². The van der Waals surface area contributed by atoms with Crippen LogP contribution in [0, 0.1) is 5.82 Å². The standard InChI is InChI=1S/C26H25FN8O/c27-20-7-18-8-21(9-20)36-15-17-3-1-2-16(6-17)13-35-14-19(12-30-35)22(4-5-29-11-18)23-10-24(28)31-26-25(23)32-34-33-26/h1-3,6-10,12,14,22,29H,4-5,11,13,15H2,(H3,28,31,32,33,34). The first-order chi connectivity index (χ1) is 17.6. The van der Waals surface area contributed by atoms with Crippen molar-refractivity contribution in [1.29, 1.82) is 0 Å². The number of hydrogen-bond acceptors (Lipinski definition) is 7. The number of nitrogens with two attached hydrogens (primary N) is 1. The Bertz CT molecular complexity index is 1530. The van der Waals surface area contributed by atoms with Gasteiger partial charge in [-0.25, -0.2) is 9.37 Å². The van der Waals surface area contributed by atoms with Gasteiger partial charge in [0.05, 0.1) is 12.7 Å². The molecule has 0 aliphatic carbocycles. The number of aromatic amines is 1. The van der Waals surface area contributed by atoms with Gasteiger partial charge in [-0.2, -0.15) is 15.4 Å². The van der Waals surface area contributed by atoms with Crippen LogP contribution in [0.25, 0.3) is 11.2 Å². The summed E-state index contributed by atoms with van der Waals surface area (Å²) in [4.78, 5) is 4.29. The normalized spacial score (nSPS) is 16.4. The smallest absolute Gasteiger partial charge is 0.203 e. The molecule has 0 saturated carbocycles. The van der Waals surface area contributed by atoms with Crippen molar-refractivity contribution in [2.45, 2.75) is 32.0 Å². The summed E-state index contributed by atoms with van der Waals surface area (Å²) in [5, 5.41) is 19.2. The Kier molecular flexibility index (Phi) is 5.78. The van der Waals surface area contributed by atoms with E-state index in [0.717, 1.165) is 34.2 Å². The van der Waals surface area contributed by atoms with Gasteiger partial charge >= 0.3 is 0 Å². The minimum atomic E-state index is -0.319. The van der Waals surface area contributed by atoms with E-state index in [4.69, 9.17) is 10.5 Å². The van der Waals surface area contributed by atoms with Crippen molar-refractivity contribution in [2.24, 2.45) is 0 Å². The molecule has 6 rings (SSSR count). The topological polar surface area (TPSA) is 120 Å². The number of nitrogens with one attached hydrogen (secondary N) is 2. The van der Waals surface area contributed by atoms with Crippen LogP contribution in [0.3, 0.4) is 0 Å². The maximum Gasteiger partial charge on any atom is 0.203 e. The molecule has 5 aromatic rings. The summed E-state index contributed by atoms with van der Waals surface area (Å²) in [7, 11) is 0. The monoisotopic (exact) mass is 484 g/mol. The highest BCUT2D eigenvalue weighted by Crippen LogP contribution is 2.32. The summed E-state index contributed by atoms with van der Waals surface area (Å²) in [6, 6.07) is 14.8. The molecule has 182 valence electrons. The van der Waals surface area contributed by atoms with Crippen molar-refractivity contribution in [3.05, 3.63) is 94.6 Å². The van der Waals surface area contributed by atoms with Gasteiger partial charge in [0.25, 0.3) is 0 Å². The van der Waals surface area contributed by atoms with Gasteiger partial charge in [0.1, 0.15) is 29.5 Å². The van der Waals surface area contributed by atoms with Crippen molar-refractivity contribution in [1.82, 2.24) is 35.5 Å². The van der Waals surface area contributed by atoms with E-state index in [2.05, 4.69) is 49.1 Å². The van der Waals surface area contributed by atoms with Crippen LogP contribution in [-0.2, 0) is 19.7 Å². The van der Waals surface area contributed by atoms with Gasteiger partial charge in [-0.1, -0.05) is 24.3 Å². The lowest BCUT2D eigenvalue weighted by molar-refractivity contribution is 0.304. The third-order valence-corrected chi connectivity index (χ3v) is 6.38. The lowest BCUT2D eigenvalue weighted by Crippen LogP contribution is -2.18. The molecule has 3 aromatic heterocycles. The van der Waals surface area contributed by atoms with Gasteiger partial charge in [-0.3, -0.25) is 4.68 Å². The largest absolute Gasteiger partial charge is 0.489 e. The first-order valence-electron chi connectivity index (χ1n) is 11.8. The van der Waals surface area contributed by atoms with Crippen LogP contribution in [0.2, 0.25) is 0 Å². The highest BCUT2D eigenvalue weighted by atomic mass is 19.1. The Morgan fingerprint density at radius 1 is 1.06 bits per heavy atom. The lowest BCUT2D eigenvalue weighted by Gasteiger charge is -2.17. The number of benzene rings is 2. The molecular weight excluding hydrogens is 459 g/mol. The minimum Gasteiger partial charge on any atom is -0.489 e. The molecule has 4 heterocycles. The van der Waals surface area contributed by atoms with Crippen LogP contribution < -0.4 is 15.8 Å². The van der Waals surface area contributed by atoms with E-state index in [9.17, 15) is 4.39 Å². The number of hydrogen-bond donors (Lipinski definition) is 3. The fourth-order valence-electron chi connectivity index (χ4n) is 4.75. The Morgan fingerprint density at radius 2 is 1.97 bits per heavy atom. The molecular formula is C26H25FN8O. The summed E-state index contributed by atoms with van der Waals surface area (Å²) in [6.45, 7) is 2.15. The molecule has 10 heteroatoms. The maximum absolute atomic E-state index is 14.3. The molecule has 0 spiro atoms. The van der Waals surface area contributed by atoms with Crippen LogP contribution in [0.4, 0.5) is 10.2 Å². The maximum atomic E-state index is 14.3. The highest BCUT2D eigenvalue weighted by molar-refractivity contribution is 5.77. The number of rotatable bonds is 1. The SMILES string of the molecule is Nc1cc(C2CCNCc3cc(F)cc(c3)OCc3cccc(c3)Cn3cc2cn3)c2n[nH]nc2n1. The quantitative estimate of drug-likeness (QED) is 0.333. The van der Waals surface area contributed by atoms with Gasteiger partial charge in [0, 0.05) is 24.7 Å². The molecule has 1 aliphatic heterocycles. The number of nitrogen functional groups attached to an aromatic ring is 1. The second kappa shape index (κ2) is 9.38. The fourth-order valence-corrected chi connectivity index (χ4v) is 4.75. The predicted molar refractivity (Wildman–Crippen MR) is 133 cm³/mol. The van der Waals surface area contributed by atoms with E-state index in [0.29, 0.717) is 49.0 Å². The van der Waals surface area contributed by atoms with Gasteiger partial charge in [0.15, 0.2) is 0 Å². The Labute approximate surface area is 206 Å². The Hall–Kier alpha value is -4.31. The zero-order valence-corrected chi connectivity index (χ0v) is 19.5. The molecule has 4 N–H and O–H groups in total. The van der Waals surface area contributed by atoms with E-state index in [1.807, 2.05) is 35.1 Å². The minimum absolute atomic E-state index is 0.0439. The van der Waals surface area contributed by atoms with Crippen LogP contribution in [0.1, 0.15) is 40.2 Å². The highest BCUT2D eigenvalue weighted by Gasteiger charge is 2.22. The summed E-state index contributed by atoms with van der Waals surface area (Å²) in [5.41, 5.74) is 12.2. The average Bonchev–Trinajstić information content (AvgIpc) is 3.51. The summed E-state index contributed by atoms with van der Waals surface area (Å²) < 4.78 is 22.1. The second-order valence-electron chi connectivity index (χ2n) is 9.03. The average molecular weight is 485 g/mol. The zero-order chi connectivity index (χ0) is 24.5. The number of aromatic nitrogens is 6. The molecule has 1 aliphatic rings. The molecule has 1 unspecified atom stereocenters. The number of halogens is 1. The molecule has 36 heavy (non-hydrogen) atoms. The van der Waals surface area contributed by atoms with Gasteiger partial charge in [-0.05, 0) is 59.0 Å². The molecule has 2 aromatic carbocycles. The molecule has 0 radical (unpaired) electrons. The number of H-pyrrole nitrogens is 1. The number of ether oxygens (including phenoxy) is 1. The fraction of sp³-hybridized carbons (Fsp3) is 0.231. The van der Waals surface area contributed by atoms with E-state index in [1.54, 1.807) is 0 Å². The van der Waals surface area contributed by atoms with Crippen LogP contribution in [0.5, 0.6) is 5.75 Å². The summed E-state index contributed by atoms with van der Waals surface area (Å²) in [5.74, 6) is 0.536. The second-order valence-corrected chi connectivity index (χ2v) is 9.03. The third-order valence-electron chi connectivity index (χ3n) is 6.38. The summed E-state index contributed by atoms with van der Waals surface area (Å²) in [6.07, 6.45) is 4.69. The number of anilines is 1. The van der Waals surface area contributed by atoms with Crippen molar-refractivity contribution in [2.75, 3.05) is 12.3 Å². The number of fused-ring (bicyclic) bond motifs is 7. The molecule has 6 bridgehead atoms. The van der Waals surface area contributed by atoms with Crippen molar-refractivity contribution >= 4 is 17.0 Å². The number of nitrogens with zero attached hydrogens (tertiary/aromatic N) is 5. The summed E-state index contributed by atoms with van der Waals surface area (Å²) >= 11 is 0. The number of pyridine rings is 1. The van der Waals surface area contributed by atoms with E-state index in [1.165, 1.54) is 12.1 Å². The van der Waals surface area contributed by atoms with Gasteiger partial charge < -0.3 is 15.8 Å². The molecule has 0 amide bonds. The van der Waals surface area contributed by atoms with E-state index in [-0.39, 0.29) is 11.7 Å². The van der Waals surface area contributed by atoms with Crippen LogP contribution in [0.15, 0.2) is 60.9 Å². The first kappa shape index (κ1) is 22.2. The van der Waals surface area contributed by atoms with E-state index < -0.39 is 0 Å². The molecule has 1 atom stereocenters. The third kappa shape index (κ3) is 4.63. The predicted octanol–water partition coefficient (Wildman–Crippen LogP) is 3.52.